The number of carbonyl (C=O) groups is 1. The Kier molecular flexibility index (Phi) is 3.10. The van der Waals surface area contributed by atoms with E-state index in [-0.39, 0.29) is 17.8 Å². The lowest BCUT2D eigenvalue weighted by Crippen LogP contribution is -2.21. The van der Waals surface area contributed by atoms with E-state index in [9.17, 15) is 9.18 Å². The van der Waals surface area contributed by atoms with Gasteiger partial charge in [-0.3, -0.25) is 4.79 Å². The Bertz CT molecular complexity index is 757. The van der Waals surface area contributed by atoms with E-state index in [0.29, 0.717) is 6.42 Å². The van der Waals surface area contributed by atoms with Gasteiger partial charge in [-0.25, -0.2) is 4.39 Å². The van der Waals surface area contributed by atoms with Gasteiger partial charge in [-0.2, -0.15) is 0 Å². The first kappa shape index (κ1) is 13.3. The lowest BCUT2D eigenvalue weighted by atomic mass is 9.91. The molecule has 0 saturated carbocycles. The van der Waals surface area contributed by atoms with Crippen LogP contribution in [0.1, 0.15) is 35.6 Å². The Labute approximate surface area is 128 Å². The molecule has 0 saturated heterocycles. The molecule has 2 aliphatic rings. The van der Waals surface area contributed by atoms with Crippen LogP contribution in [0.5, 0.6) is 0 Å². The van der Waals surface area contributed by atoms with E-state index in [1.54, 1.807) is 6.07 Å². The molecular weight excluding hydrogens is 279 g/mol. The Morgan fingerprint density at radius 2 is 1.86 bits per heavy atom. The normalized spacial score (nSPS) is 19.7. The maximum Gasteiger partial charge on any atom is 0.224 e. The molecular formula is C18H17FN2O. The van der Waals surface area contributed by atoms with Crippen LogP contribution in [-0.4, -0.2) is 5.91 Å². The Morgan fingerprint density at radius 3 is 2.77 bits per heavy atom. The van der Waals surface area contributed by atoms with Crippen LogP contribution in [0.25, 0.3) is 0 Å². The highest BCUT2D eigenvalue weighted by molar-refractivity contribution is 5.93. The Balaban J connectivity index is 1.62. The molecule has 4 rings (SSSR count). The smallest absolute Gasteiger partial charge is 0.224 e. The van der Waals surface area contributed by atoms with Gasteiger partial charge in [-0.05, 0) is 54.2 Å². The molecule has 2 aromatic rings. The second-order valence-electron chi connectivity index (χ2n) is 6.00. The Morgan fingerprint density at radius 1 is 0.955 bits per heavy atom. The van der Waals surface area contributed by atoms with Gasteiger partial charge in [0.25, 0.3) is 0 Å². The molecule has 1 amide bonds. The van der Waals surface area contributed by atoms with Crippen molar-refractivity contribution in [3.05, 3.63) is 58.9 Å². The van der Waals surface area contributed by atoms with Gasteiger partial charge in [-0.1, -0.05) is 18.2 Å². The summed E-state index contributed by atoms with van der Waals surface area (Å²) in [6, 6.07) is 11.3. The zero-order valence-corrected chi connectivity index (χ0v) is 12.2. The van der Waals surface area contributed by atoms with Crippen molar-refractivity contribution in [3.8, 4) is 0 Å². The van der Waals surface area contributed by atoms with E-state index in [1.165, 1.54) is 22.8 Å². The molecule has 0 radical (unpaired) electrons. The SMILES string of the molecule is O=C1CCc2cc(C3CCc4ccc(F)cc4N3)ccc2N1. The van der Waals surface area contributed by atoms with Gasteiger partial charge in [0.05, 0.1) is 6.04 Å². The maximum absolute atomic E-state index is 13.4. The van der Waals surface area contributed by atoms with Crippen molar-refractivity contribution in [3.63, 3.8) is 0 Å². The summed E-state index contributed by atoms with van der Waals surface area (Å²) in [5.74, 6) is -0.125. The summed E-state index contributed by atoms with van der Waals surface area (Å²) in [6.07, 6.45) is 3.26. The molecule has 1 atom stereocenters. The summed E-state index contributed by atoms with van der Waals surface area (Å²) < 4.78 is 13.4. The molecule has 0 spiro atoms. The predicted octanol–water partition coefficient (Wildman–Crippen LogP) is 3.81. The molecule has 0 fully saturated rings. The minimum absolute atomic E-state index is 0.0837. The highest BCUT2D eigenvalue weighted by Crippen LogP contribution is 2.35. The quantitative estimate of drug-likeness (QED) is 0.840. The minimum Gasteiger partial charge on any atom is -0.378 e. The standard InChI is InChI=1S/C18H17FN2O/c19-14-5-1-11-2-6-15(20-17(11)10-14)12-3-7-16-13(9-12)4-8-18(22)21-16/h1,3,5,7,9-10,15,20H,2,4,6,8H2,(H,21,22). The largest absolute Gasteiger partial charge is 0.378 e. The highest BCUT2D eigenvalue weighted by Gasteiger charge is 2.22. The average Bonchev–Trinajstić information content (AvgIpc) is 2.53. The van der Waals surface area contributed by atoms with Gasteiger partial charge >= 0.3 is 0 Å². The topological polar surface area (TPSA) is 41.1 Å². The first-order valence-corrected chi connectivity index (χ1v) is 7.67. The van der Waals surface area contributed by atoms with Crippen molar-refractivity contribution in [2.24, 2.45) is 0 Å². The first-order valence-electron chi connectivity index (χ1n) is 7.67. The van der Waals surface area contributed by atoms with Crippen LogP contribution in [0.4, 0.5) is 15.8 Å². The fourth-order valence-electron chi connectivity index (χ4n) is 3.33. The van der Waals surface area contributed by atoms with Crippen molar-refractivity contribution in [1.29, 1.82) is 0 Å². The van der Waals surface area contributed by atoms with Crippen LogP contribution in [0.3, 0.4) is 0 Å². The maximum atomic E-state index is 13.4. The number of fused-ring (bicyclic) bond motifs is 2. The molecule has 2 N–H and O–H groups in total. The van der Waals surface area contributed by atoms with Crippen molar-refractivity contribution in [2.45, 2.75) is 31.7 Å². The average molecular weight is 296 g/mol. The molecule has 2 aromatic carbocycles. The molecule has 2 heterocycles. The van der Waals surface area contributed by atoms with Gasteiger partial charge in [0.2, 0.25) is 5.91 Å². The number of rotatable bonds is 1. The van der Waals surface area contributed by atoms with Gasteiger partial charge < -0.3 is 10.6 Å². The third-order valence-electron chi connectivity index (χ3n) is 4.53. The molecule has 112 valence electrons. The predicted molar refractivity (Wildman–Crippen MR) is 84.5 cm³/mol. The zero-order chi connectivity index (χ0) is 15.1. The fraction of sp³-hybridized carbons (Fsp3) is 0.278. The molecule has 22 heavy (non-hydrogen) atoms. The molecule has 4 heteroatoms. The van der Waals surface area contributed by atoms with E-state index in [1.807, 2.05) is 18.2 Å². The van der Waals surface area contributed by atoms with E-state index in [4.69, 9.17) is 0 Å². The van der Waals surface area contributed by atoms with E-state index in [2.05, 4.69) is 16.7 Å². The number of halogens is 1. The number of carbonyl (C=O) groups excluding carboxylic acids is 1. The van der Waals surface area contributed by atoms with E-state index >= 15 is 0 Å². The molecule has 0 bridgehead atoms. The van der Waals surface area contributed by atoms with E-state index < -0.39 is 0 Å². The third kappa shape index (κ3) is 2.34. The number of aryl methyl sites for hydroxylation is 2. The van der Waals surface area contributed by atoms with Crippen LogP contribution in [0.15, 0.2) is 36.4 Å². The molecule has 0 aliphatic carbocycles. The summed E-state index contributed by atoms with van der Waals surface area (Å²) in [5, 5.41) is 6.35. The number of benzene rings is 2. The third-order valence-corrected chi connectivity index (χ3v) is 4.53. The summed E-state index contributed by atoms with van der Waals surface area (Å²) in [7, 11) is 0. The van der Waals surface area contributed by atoms with E-state index in [0.717, 1.165) is 30.6 Å². The number of anilines is 2. The molecule has 0 aromatic heterocycles. The van der Waals surface area contributed by atoms with Gasteiger partial charge in [0.15, 0.2) is 0 Å². The highest BCUT2D eigenvalue weighted by atomic mass is 19.1. The molecule has 1 unspecified atom stereocenters. The van der Waals surface area contributed by atoms with Crippen molar-refractivity contribution >= 4 is 17.3 Å². The summed E-state index contributed by atoms with van der Waals surface area (Å²) >= 11 is 0. The van der Waals surface area contributed by atoms with Crippen LogP contribution in [0.2, 0.25) is 0 Å². The number of hydrogen-bond acceptors (Lipinski definition) is 2. The summed E-state index contributed by atoms with van der Waals surface area (Å²) in [5.41, 5.74) is 5.36. The van der Waals surface area contributed by atoms with Crippen LogP contribution in [-0.2, 0) is 17.6 Å². The van der Waals surface area contributed by atoms with Crippen LogP contribution in [0, 0.1) is 5.82 Å². The fourth-order valence-corrected chi connectivity index (χ4v) is 3.33. The lowest BCUT2D eigenvalue weighted by Gasteiger charge is -2.28. The van der Waals surface area contributed by atoms with Crippen LogP contribution < -0.4 is 10.6 Å². The first-order chi connectivity index (χ1) is 10.7. The second kappa shape index (κ2) is 5.13. The van der Waals surface area contributed by atoms with Gasteiger partial charge in [0, 0.05) is 17.8 Å². The number of amides is 1. The van der Waals surface area contributed by atoms with Crippen molar-refractivity contribution in [2.75, 3.05) is 10.6 Å². The van der Waals surface area contributed by atoms with Gasteiger partial charge in [-0.15, -0.1) is 0 Å². The lowest BCUT2D eigenvalue weighted by molar-refractivity contribution is -0.116. The molecule has 3 nitrogen and oxygen atoms in total. The Hall–Kier alpha value is -2.36. The zero-order valence-electron chi connectivity index (χ0n) is 12.2. The monoisotopic (exact) mass is 296 g/mol. The van der Waals surface area contributed by atoms with Crippen molar-refractivity contribution in [1.82, 2.24) is 0 Å². The molecule has 2 aliphatic heterocycles. The van der Waals surface area contributed by atoms with Crippen molar-refractivity contribution < 1.29 is 9.18 Å². The van der Waals surface area contributed by atoms with Crippen LogP contribution >= 0.6 is 0 Å². The number of hydrogen-bond donors (Lipinski definition) is 2. The van der Waals surface area contributed by atoms with Gasteiger partial charge in [0.1, 0.15) is 5.82 Å². The summed E-state index contributed by atoms with van der Waals surface area (Å²) in [6.45, 7) is 0. The summed E-state index contributed by atoms with van der Waals surface area (Å²) in [4.78, 5) is 11.4. The minimum atomic E-state index is -0.208. The number of nitrogens with one attached hydrogen (secondary N) is 2. The second-order valence-corrected chi connectivity index (χ2v) is 6.00.